The van der Waals surface area contributed by atoms with Crippen molar-refractivity contribution < 1.29 is 4.74 Å². The van der Waals surface area contributed by atoms with E-state index in [-0.39, 0.29) is 12.3 Å². The van der Waals surface area contributed by atoms with Gasteiger partial charge in [-0.05, 0) is 64.6 Å². The second kappa shape index (κ2) is 9.45. The lowest BCUT2D eigenvalue weighted by Crippen LogP contribution is -2.36. The maximum atomic E-state index is 5.61. The van der Waals surface area contributed by atoms with Crippen LogP contribution in [0.3, 0.4) is 0 Å². The predicted octanol–water partition coefficient (Wildman–Crippen LogP) is 4.21. The maximum Gasteiger partial charge on any atom is 0.157 e. The molecule has 3 aromatic rings. The highest BCUT2D eigenvalue weighted by Crippen LogP contribution is 2.35. The number of ether oxygens (including phenoxy) is 1. The lowest BCUT2D eigenvalue weighted by atomic mass is 10.0. The summed E-state index contributed by atoms with van der Waals surface area (Å²) in [5.41, 5.74) is 0. The number of hydrogen-bond acceptors (Lipinski definition) is 7. The topological polar surface area (TPSA) is 65.5 Å². The van der Waals surface area contributed by atoms with E-state index in [0.717, 1.165) is 51.8 Å². The van der Waals surface area contributed by atoms with Crippen LogP contribution in [0.5, 0.6) is 5.75 Å². The van der Waals surface area contributed by atoms with Crippen molar-refractivity contribution in [1.29, 1.82) is 0 Å². The van der Waals surface area contributed by atoms with Crippen LogP contribution in [-0.4, -0.2) is 67.6 Å². The summed E-state index contributed by atoms with van der Waals surface area (Å²) >= 11 is 0. The van der Waals surface area contributed by atoms with Crippen LogP contribution in [0.25, 0.3) is 21.5 Å². The number of anilines is 2. The Morgan fingerprint density at radius 2 is 1.37 bits per heavy atom. The van der Waals surface area contributed by atoms with Gasteiger partial charge in [-0.25, -0.2) is 0 Å². The molecule has 7 heteroatoms. The molecule has 0 bridgehead atoms. The molecule has 2 atom stereocenters. The molecule has 0 aliphatic heterocycles. The van der Waals surface area contributed by atoms with E-state index in [0.29, 0.717) is 0 Å². The van der Waals surface area contributed by atoms with Gasteiger partial charge in [-0.2, -0.15) is 0 Å². The smallest absolute Gasteiger partial charge is 0.157 e. The molecule has 0 aliphatic carbocycles. The zero-order valence-electron chi connectivity index (χ0n) is 19.2. The summed E-state index contributed by atoms with van der Waals surface area (Å²) in [6, 6.07) is 10.4. The third kappa shape index (κ3) is 4.42. The summed E-state index contributed by atoms with van der Waals surface area (Å²) in [7, 11) is 9.96. The Hall–Kier alpha value is -2.64. The Bertz CT molecular complexity index is 1000. The average molecular weight is 411 g/mol. The SMILES string of the molecule is CCC(Nc1nnc(NC(CC)N(C)C)c2cc3c(OC)cccc3cc12)N(C)C. The highest BCUT2D eigenvalue weighted by Gasteiger charge is 2.18. The van der Waals surface area contributed by atoms with Gasteiger partial charge in [0.15, 0.2) is 11.6 Å². The molecule has 0 saturated heterocycles. The molecular formula is C23H34N6O. The lowest BCUT2D eigenvalue weighted by Gasteiger charge is -2.27. The number of methoxy groups -OCH3 is 1. The first kappa shape index (κ1) is 22.1. The number of fused-ring (bicyclic) bond motifs is 2. The van der Waals surface area contributed by atoms with Crippen LogP contribution in [0.15, 0.2) is 30.3 Å². The molecule has 0 amide bonds. The minimum atomic E-state index is 0.167. The summed E-state index contributed by atoms with van der Waals surface area (Å²) < 4.78 is 5.61. The van der Waals surface area contributed by atoms with Crippen molar-refractivity contribution in [2.45, 2.75) is 39.0 Å². The van der Waals surface area contributed by atoms with Gasteiger partial charge >= 0.3 is 0 Å². The molecule has 162 valence electrons. The van der Waals surface area contributed by atoms with Gasteiger partial charge in [-0.1, -0.05) is 26.0 Å². The Morgan fingerprint density at radius 3 is 1.83 bits per heavy atom. The minimum Gasteiger partial charge on any atom is -0.496 e. The lowest BCUT2D eigenvalue weighted by molar-refractivity contribution is 0.314. The zero-order valence-corrected chi connectivity index (χ0v) is 19.2. The first-order valence-electron chi connectivity index (χ1n) is 10.5. The number of rotatable bonds is 9. The monoisotopic (exact) mass is 410 g/mol. The fourth-order valence-electron chi connectivity index (χ4n) is 3.80. The van der Waals surface area contributed by atoms with Crippen molar-refractivity contribution in [2.24, 2.45) is 0 Å². The molecule has 0 saturated carbocycles. The number of nitrogens with one attached hydrogen (secondary N) is 2. The average Bonchev–Trinajstić information content (AvgIpc) is 2.74. The van der Waals surface area contributed by atoms with Crippen LogP contribution >= 0.6 is 0 Å². The van der Waals surface area contributed by atoms with Crippen LogP contribution in [0.1, 0.15) is 26.7 Å². The first-order valence-corrected chi connectivity index (χ1v) is 10.5. The minimum absolute atomic E-state index is 0.167. The van der Waals surface area contributed by atoms with E-state index < -0.39 is 0 Å². The largest absolute Gasteiger partial charge is 0.496 e. The highest BCUT2D eigenvalue weighted by atomic mass is 16.5. The Morgan fingerprint density at radius 1 is 0.833 bits per heavy atom. The second-order valence-corrected chi connectivity index (χ2v) is 8.04. The van der Waals surface area contributed by atoms with Crippen LogP contribution in [-0.2, 0) is 0 Å². The molecule has 0 aliphatic rings. The first-order chi connectivity index (χ1) is 14.4. The summed E-state index contributed by atoms with van der Waals surface area (Å²) in [4.78, 5) is 4.31. The molecule has 0 radical (unpaired) electrons. The third-order valence-corrected chi connectivity index (χ3v) is 5.59. The van der Waals surface area contributed by atoms with Crippen molar-refractivity contribution in [1.82, 2.24) is 20.0 Å². The van der Waals surface area contributed by atoms with Crippen molar-refractivity contribution >= 4 is 33.2 Å². The standard InChI is InChI=1S/C23H34N6O/c1-8-20(28(3)4)24-22-17-13-15-11-10-12-19(30-7)16(15)14-18(17)23(27-26-22)25-21(9-2)29(5)6/h10-14,20-21H,8-9H2,1-7H3,(H,24,26)(H,25,27). The molecule has 2 unspecified atom stereocenters. The quantitative estimate of drug-likeness (QED) is 0.405. The number of benzene rings is 2. The van der Waals surface area contributed by atoms with Gasteiger partial charge in [-0.15, -0.1) is 10.2 Å². The van der Waals surface area contributed by atoms with Gasteiger partial charge in [0.25, 0.3) is 0 Å². The summed E-state index contributed by atoms with van der Waals surface area (Å²) in [5, 5.41) is 20.5. The molecule has 7 nitrogen and oxygen atoms in total. The molecule has 0 spiro atoms. The summed E-state index contributed by atoms with van der Waals surface area (Å²) in [6.45, 7) is 4.32. The molecule has 2 N–H and O–H groups in total. The Kier molecular flexibility index (Phi) is 6.95. The number of nitrogens with zero attached hydrogens (tertiary/aromatic N) is 4. The van der Waals surface area contributed by atoms with Crippen LogP contribution in [0, 0.1) is 0 Å². The van der Waals surface area contributed by atoms with E-state index >= 15 is 0 Å². The van der Waals surface area contributed by atoms with Crippen LogP contribution in [0.2, 0.25) is 0 Å². The second-order valence-electron chi connectivity index (χ2n) is 8.04. The predicted molar refractivity (Wildman–Crippen MR) is 126 cm³/mol. The Labute approximate surface area is 179 Å². The number of hydrogen-bond donors (Lipinski definition) is 2. The normalized spacial score (nSPS) is 13.8. The van der Waals surface area contributed by atoms with E-state index in [1.54, 1.807) is 7.11 Å². The molecule has 2 aromatic carbocycles. The third-order valence-electron chi connectivity index (χ3n) is 5.59. The maximum absolute atomic E-state index is 5.61. The van der Waals surface area contributed by atoms with Crippen molar-refractivity contribution in [3.63, 3.8) is 0 Å². The van der Waals surface area contributed by atoms with Gasteiger partial charge in [0.05, 0.1) is 19.4 Å². The van der Waals surface area contributed by atoms with Crippen molar-refractivity contribution in [2.75, 3.05) is 45.9 Å². The molecule has 3 rings (SSSR count). The summed E-state index contributed by atoms with van der Waals surface area (Å²) in [6.07, 6.45) is 2.24. The molecule has 0 fully saturated rings. The fraction of sp³-hybridized carbons (Fsp3) is 0.478. The summed E-state index contributed by atoms with van der Waals surface area (Å²) in [5.74, 6) is 2.42. The van der Waals surface area contributed by atoms with E-state index in [1.807, 2.05) is 12.1 Å². The van der Waals surface area contributed by atoms with Gasteiger partial charge in [0.1, 0.15) is 5.75 Å². The van der Waals surface area contributed by atoms with Gasteiger partial charge in [0.2, 0.25) is 0 Å². The molecule has 30 heavy (non-hydrogen) atoms. The van der Waals surface area contributed by atoms with Gasteiger partial charge in [0, 0.05) is 16.2 Å². The molecular weight excluding hydrogens is 376 g/mol. The van der Waals surface area contributed by atoms with E-state index in [2.05, 4.69) is 90.9 Å². The van der Waals surface area contributed by atoms with Gasteiger partial charge < -0.3 is 15.4 Å². The zero-order chi connectivity index (χ0) is 21.8. The van der Waals surface area contributed by atoms with Crippen molar-refractivity contribution in [3.05, 3.63) is 30.3 Å². The van der Waals surface area contributed by atoms with Crippen LogP contribution in [0.4, 0.5) is 11.6 Å². The number of aromatic nitrogens is 2. The highest BCUT2D eigenvalue weighted by molar-refractivity contribution is 6.08. The fourth-order valence-corrected chi connectivity index (χ4v) is 3.80. The van der Waals surface area contributed by atoms with E-state index in [4.69, 9.17) is 4.74 Å². The Balaban J connectivity index is 2.22. The van der Waals surface area contributed by atoms with Crippen LogP contribution < -0.4 is 15.4 Å². The van der Waals surface area contributed by atoms with E-state index in [9.17, 15) is 0 Å². The van der Waals surface area contributed by atoms with E-state index in [1.165, 1.54) is 0 Å². The van der Waals surface area contributed by atoms with Crippen molar-refractivity contribution in [3.8, 4) is 5.75 Å². The van der Waals surface area contributed by atoms with Gasteiger partial charge in [-0.3, -0.25) is 9.80 Å². The molecule has 1 aromatic heterocycles. The molecule has 1 heterocycles.